The fourth-order valence-corrected chi connectivity index (χ4v) is 4.68. The van der Waals surface area contributed by atoms with E-state index in [9.17, 15) is 4.79 Å². The van der Waals surface area contributed by atoms with Gasteiger partial charge in [-0.15, -0.1) is 0 Å². The molecule has 32 heavy (non-hydrogen) atoms. The zero-order chi connectivity index (χ0) is 21.9. The molecule has 0 spiro atoms. The van der Waals surface area contributed by atoms with Crippen molar-refractivity contribution in [3.05, 3.63) is 66.0 Å². The highest BCUT2D eigenvalue weighted by Crippen LogP contribution is 2.41. The van der Waals surface area contributed by atoms with E-state index in [1.54, 1.807) is 10.4 Å². The molecule has 1 atom stereocenters. The van der Waals surface area contributed by atoms with Gasteiger partial charge in [0.15, 0.2) is 5.82 Å². The zero-order valence-electron chi connectivity index (χ0n) is 17.5. The van der Waals surface area contributed by atoms with E-state index in [-0.39, 0.29) is 18.1 Å². The molecular formula is C24H24FN3O3S. The summed E-state index contributed by atoms with van der Waals surface area (Å²) < 4.78 is 32.0. The molecule has 0 aromatic heterocycles. The normalized spacial score (nSPS) is 18.2. The van der Waals surface area contributed by atoms with Crippen molar-refractivity contribution in [2.24, 2.45) is 5.92 Å². The molecule has 5 rings (SSSR count). The maximum Gasteiger partial charge on any atom is 0.251 e. The van der Waals surface area contributed by atoms with Crippen molar-refractivity contribution in [1.29, 1.82) is 0 Å². The summed E-state index contributed by atoms with van der Waals surface area (Å²) in [6.45, 7) is 2.91. The predicted octanol–water partition coefficient (Wildman–Crippen LogP) is 4.05. The van der Waals surface area contributed by atoms with Gasteiger partial charge < -0.3 is 14.8 Å². The van der Waals surface area contributed by atoms with E-state index in [2.05, 4.69) is 10.0 Å². The Bertz CT molecular complexity index is 1120. The van der Waals surface area contributed by atoms with E-state index in [1.165, 1.54) is 0 Å². The number of anilines is 1. The quantitative estimate of drug-likeness (QED) is 0.527. The fourth-order valence-electron chi connectivity index (χ4n) is 3.96. The Morgan fingerprint density at radius 2 is 2.00 bits per heavy atom. The van der Waals surface area contributed by atoms with Crippen molar-refractivity contribution in [1.82, 2.24) is 10.0 Å². The number of halogens is 1. The first-order chi connectivity index (χ1) is 15.7. The first-order valence-electron chi connectivity index (χ1n) is 10.7. The molecule has 2 N–H and O–H groups in total. The van der Waals surface area contributed by atoms with Gasteiger partial charge in [-0.05, 0) is 42.1 Å². The minimum atomic E-state index is -0.428. The number of amides is 1. The Morgan fingerprint density at radius 1 is 1.12 bits per heavy atom. The summed E-state index contributed by atoms with van der Waals surface area (Å²) in [5.41, 5.74) is 1.24. The van der Waals surface area contributed by atoms with Gasteiger partial charge in [0.25, 0.3) is 5.91 Å². The first-order valence-corrected chi connectivity index (χ1v) is 11.4. The van der Waals surface area contributed by atoms with Gasteiger partial charge in [-0.2, -0.15) is 0 Å². The molecule has 0 bridgehead atoms. The van der Waals surface area contributed by atoms with Crippen LogP contribution >= 0.6 is 12.1 Å². The Morgan fingerprint density at radius 3 is 2.75 bits per heavy atom. The number of ether oxygens (including phenoxy) is 2. The summed E-state index contributed by atoms with van der Waals surface area (Å²) in [5, 5.41) is 4.48. The molecule has 3 aromatic rings. The number of benzene rings is 3. The lowest BCUT2D eigenvalue weighted by Crippen LogP contribution is -2.17. The average molecular weight is 454 g/mol. The standard InChI is InChI=1S/C24H24FN3O3S/c25-23-20-11-19(30-15-17-8-9-26-12-17)7-6-18(20)10-21(24(23)28-13-22(29)27-32-28)31-14-16-4-2-1-3-5-16/h1-7,10-11,17,26H,8-9,12-15H2,(H,27,29)/t17-/m0/s1. The highest BCUT2D eigenvalue weighted by molar-refractivity contribution is 7.99. The number of carbonyl (C=O) groups excluding carboxylic acids is 1. The summed E-state index contributed by atoms with van der Waals surface area (Å²) >= 11 is 1.07. The lowest BCUT2D eigenvalue weighted by atomic mass is 10.1. The Hall–Kier alpha value is -2.97. The van der Waals surface area contributed by atoms with Crippen LogP contribution in [0.3, 0.4) is 0 Å². The molecular weight excluding hydrogens is 429 g/mol. The second-order valence-electron chi connectivity index (χ2n) is 8.02. The smallest absolute Gasteiger partial charge is 0.251 e. The third kappa shape index (κ3) is 4.47. The van der Waals surface area contributed by atoms with Crippen LogP contribution in [-0.4, -0.2) is 32.1 Å². The molecule has 0 radical (unpaired) electrons. The van der Waals surface area contributed by atoms with Crippen molar-refractivity contribution in [2.75, 3.05) is 30.5 Å². The molecule has 166 valence electrons. The number of hydrogen-bond donors (Lipinski definition) is 2. The Labute approximate surface area is 190 Å². The third-order valence-corrected chi connectivity index (χ3v) is 6.53. The predicted molar refractivity (Wildman–Crippen MR) is 124 cm³/mol. The van der Waals surface area contributed by atoms with Gasteiger partial charge in [0, 0.05) is 17.8 Å². The minimum Gasteiger partial charge on any atom is -0.493 e. The van der Waals surface area contributed by atoms with E-state index >= 15 is 4.39 Å². The fraction of sp³-hybridized carbons (Fsp3) is 0.292. The number of hydrogen-bond acceptors (Lipinski definition) is 6. The zero-order valence-corrected chi connectivity index (χ0v) is 18.3. The number of rotatable bonds is 7. The van der Waals surface area contributed by atoms with Crippen LogP contribution in [0.15, 0.2) is 54.6 Å². The SMILES string of the molecule is O=C1CN(c2c(OCc3ccccc3)cc3ccc(OC[C@H]4CCNC4)cc3c2F)SN1. The number of nitrogens with zero attached hydrogens (tertiary/aromatic N) is 1. The van der Waals surface area contributed by atoms with E-state index in [0.717, 1.165) is 37.2 Å². The van der Waals surface area contributed by atoms with E-state index in [4.69, 9.17) is 9.47 Å². The average Bonchev–Trinajstić information content (AvgIpc) is 3.49. The number of fused-ring (bicyclic) bond motifs is 1. The summed E-state index contributed by atoms with van der Waals surface area (Å²) in [7, 11) is 0. The van der Waals surface area contributed by atoms with Crippen molar-refractivity contribution in [3.8, 4) is 11.5 Å². The molecule has 0 aliphatic carbocycles. The Balaban J connectivity index is 1.47. The molecule has 1 amide bonds. The van der Waals surface area contributed by atoms with Crippen LogP contribution in [-0.2, 0) is 11.4 Å². The summed E-state index contributed by atoms with van der Waals surface area (Å²) in [6, 6.07) is 17.0. The maximum atomic E-state index is 15.8. The van der Waals surface area contributed by atoms with Gasteiger partial charge in [0.2, 0.25) is 0 Å². The van der Waals surface area contributed by atoms with Gasteiger partial charge in [0.1, 0.15) is 30.3 Å². The van der Waals surface area contributed by atoms with E-state index in [1.807, 2.05) is 48.5 Å². The van der Waals surface area contributed by atoms with Crippen LogP contribution in [0.5, 0.6) is 11.5 Å². The molecule has 2 heterocycles. The molecule has 0 unspecified atom stereocenters. The minimum absolute atomic E-state index is 0.0552. The highest BCUT2D eigenvalue weighted by Gasteiger charge is 2.28. The molecule has 8 heteroatoms. The number of carbonyl (C=O) groups is 1. The maximum absolute atomic E-state index is 15.8. The topological polar surface area (TPSA) is 62.8 Å². The van der Waals surface area contributed by atoms with E-state index < -0.39 is 5.82 Å². The van der Waals surface area contributed by atoms with Crippen LogP contribution in [0, 0.1) is 11.7 Å². The lowest BCUT2D eigenvalue weighted by molar-refractivity contribution is -0.117. The van der Waals surface area contributed by atoms with Crippen molar-refractivity contribution in [3.63, 3.8) is 0 Å². The second-order valence-corrected chi connectivity index (χ2v) is 8.84. The molecule has 2 aliphatic rings. The van der Waals surface area contributed by atoms with Gasteiger partial charge >= 0.3 is 0 Å². The largest absolute Gasteiger partial charge is 0.493 e. The number of nitrogens with one attached hydrogen (secondary N) is 2. The van der Waals surface area contributed by atoms with Crippen molar-refractivity contribution >= 4 is 34.5 Å². The van der Waals surface area contributed by atoms with Crippen molar-refractivity contribution < 1.29 is 18.7 Å². The molecule has 6 nitrogen and oxygen atoms in total. The van der Waals surface area contributed by atoms with Crippen molar-refractivity contribution in [2.45, 2.75) is 13.0 Å². The Kier molecular flexibility index (Phi) is 6.05. The first kappa shape index (κ1) is 20.9. The third-order valence-electron chi connectivity index (χ3n) is 5.68. The van der Waals surface area contributed by atoms with Crippen LogP contribution in [0.1, 0.15) is 12.0 Å². The molecule has 2 aliphatic heterocycles. The summed E-state index contributed by atoms with van der Waals surface area (Å²) in [4.78, 5) is 11.8. The lowest BCUT2D eigenvalue weighted by Gasteiger charge is -2.21. The van der Waals surface area contributed by atoms with Crippen LogP contribution in [0.4, 0.5) is 10.1 Å². The van der Waals surface area contributed by atoms with Gasteiger partial charge in [-0.25, -0.2) is 4.39 Å². The highest BCUT2D eigenvalue weighted by atomic mass is 32.2. The van der Waals surface area contributed by atoms with Crippen LogP contribution < -0.4 is 23.8 Å². The van der Waals surface area contributed by atoms with Crippen LogP contribution in [0.2, 0.25) is 0 Å². The molecule has 2 fully saturated rings. The monoisotopic (exact) mass is 453 g/mol. The molecule has 0 saturated carbocycles. The molecule has 2 saturated heterocycles. The van der Waals surface area contributed by atoms with Gasteiger partial charge in [-0.1, -0.05) is 36.4 Å². The molecule has 3 aromatic carbocycles. The summed E-state index contributed by atoms with van der Waals surface area (Å²) in [5.74, 6) is 0.898. The van der Waals surface area contributed by atoms with E-state index in [0.29, 0.717) is 41.4 Å². The second kappa shape index (κ2) is 9.26. The van der Waals surface area contributed by atoms with Crippen LogP contribution in [0.25, 0.3) is 10.8 Å². The van der Waals surface area contributed by atoms with Gasteiger partial charge in [-0.3, -0.25) is 13.8 Å². The van der Waals surface area contributed by atoms with Gasteiger partial charge in [0.05, 0.1) is 18.7 Å². The summed E-state index contributed by atoms with van der Waals surface area (Å²) in [6.07, 6.45) is 1.08.